The standard InChI is InChI=1S/C16H21FN2O/c1-19(14-3-2-4-14)16(20)18-15(11-5-6-11)12-7-9-13(17)10-8-12/h7-11,14-15H,2-6H2,1H3,(H,18,20)/t15-/m1/s1. The number of carbonyl (C=O) groups is 1. The normalized spacial score (nSPS) is 20.1. The first-order valence-corrected chi connectivity index (χ1v) is 7.44. The lowest BCUT2D eigenvalue weighted by Crippen LogP contribution is -2.47. The van der Waals surface area contributed by atoms with Crippen LogP contribution in [0, 0.1) is 11.7 Å². The number of hydrogen-bond acceptors (Lipinski definition) is 1. The number of hydrogen-bond donors (Lipinski definition) is 1. The van der Waals surface area contributed by atoms with Crippen molar-refractivity contribution in [2.45, 2.75) is 44.2 Å². The Hall–Kier alpha value is -1.58. The van der Waals surface area contributed by atoms with Crippen LogP contribution < -0.4 is 5.32 Å². The van der Waals surface area contributed by atoms with Crippen LogP contribution >= 0.6 is 0 Å². The highest BCUT2D eigenvalue weighted by Gasteiger charge is 2.35. The minimum atomic E-state index is -0.235. The average molecular weight is 276 g/mol. The number of benzene rings is 1. The van der Waals surface area contributed by atoms with Crippen molar-refractivity contribution in [2.24, 2.45) is 5.92 Å². The van der Waals surface area contributed by atoms with Crippen molar-refractivity contribution in [1.29, 1.82) is 0 Å². The maximum atomic E-state index is 13.0. The minimum absolute atomic E-state index is 0.00377. The Morgan fingerprint density at radius 1 is 1.25 bits per heavy atom. The van der Waals surface area contributed by atoms with E-state index in [0.29, 0.717) is 12.0 Å². The fourth-order valence-corrected chi connectivity index (χ4v) is 2.75. The van der Waals surface area contributed by atoms with Gasteiger partial charge >= 0.3 is 6.03 Å². The molecule has 2 aliphatic carbocycles. The monoisotopic (exact) mass is 276 g/mol. The molecule has 20 heavy (non-hydrogen) atoms. The molecular formula is C16H21FN2O. The van der Waals surface area contributed by atoms with E-state index >= 15 is 0 Å². The van der Waals surface area contributed by atoms with Crippen LogP contribution in [0.3, 0.4) is 0 Å². The van der Waals surface area contributed by atoms with Crippen molar-refractivity contribution in [3.63, 3.8) is 0 Å². The van der Waals surface area contributed by atoms with Gasteiger partial charge in [-0.2, -0.15) is 0 Å². The van der Waals surface area contributed by atoms with Crippen LogP contribution in [0.1, 0.15) is 43.7 Å². The predicted molar refractivity (Wildman–Crippen MR) is 75.8 cm³/mol. The summed E-state index contributed by atoms with van der Waals surface area (Å²) in [4.78, 5) is 14.1. The number of rotatable bonds is 4. The molecule has 1 N–H and O–H groups in total. The quantitative estimate of drug-likeness (QED) is 0.897. The zero-order valence-corrected chi connectivity index (χ0v) is 11.8. The number of amides is 2. The highest BCUT2D eigenvalue weighted by molar-refractivity contribution is 5.75. The van der Waals surface area contributed by atoms with Gasteiger partial charge in [-0.25, -0.2) is 9.18 Å². The first-order valence-electron chi connectivity index (χ1n) is 7.44. The number of halogens is 1. The second-order valence-electron chi connectivity index (χ2n) is 6.01. The highest BCUT2D eigenvalue weighted by atomic mass is 19.1. The van der Waals surface area contributed by atoms with E-state index in [2.05, 4.69) is 5.32 Å². The molecule has 0 heterocycles. The van der Waals surface area contributed by atoms with Gasteiger partial charge in [0, 0.05) is 13.1 Å². The molecule has 2 aliphatic rings. The molecule has 2 amide bonds. The van der Waals surface area contributed by atoms with E-state index in [1.165, 1.54) is 18.6 Å². The third-order valence-electron chi connectivity index (χ3n) is 4.54. The Labute approximate surface area is 119 Å². The van der Waals surface area contributed by atoms with Crippen LogP contribution in [0.15, 0.2) is 24.3 Å². The maximum absolute atomic E-state index is 13.0. The molecule has 1 atom stereocenters. The fourth-order valence-electron chi connectivity index (χ4n) is 2.75. The van der Waals surface area contributed by atoms with Crippen molar-refractivity contribution in [3.05, 3.63) is 35.6 Å². The summed E-state index contributed by atoms with van der Waals surface area (Å²) in [5, 5.41) is 3.13. The SMILES string of the molecule is CN(C(=O)N[C@@H](c1ccc(F)cc1)C1CC1)C1CCC1. The number of urea groups is 1. The van der Waals surface area contributed by atoms with Crippen molar-refractivity contribution in [3.8, 4) is 0 Å². The van der Waals surface area contributed by atoms with Gasteiger partial charge in [-0.1, -0.05) is 12.1 Å². The molecule has 0 bridgehead atoms. The molecule has 0 aromatic heterocycles. The molecule has 2 saturated carbocycles. The van der Waals surface area contributed by atoms with Crippen molar-refractivity contribution >= 4 is 6.03 Å². The van der Waals surface area contributed by atoms with Gasteiger partial charge in [0.1, 0.15) is 5.82 Å². The molecular weight excluding hydrogens is 255 g/mol. The summed E-state index contributed by atoms with van der Waals surface area (Å²) in [7, 11) is 1.87. The Morgan fingerprint density at radius 3 is 2.40 bits per heavy atom. The van der Waals surface area contributed by atoms with E-state index in [1.54, 1.807) is 12.1 Å². The van der Waals surface area contributed by atoms with Crippen molar-refractivity contribution < 1.29 is 9.18 Å². The second kappa shape index (κ2) is 5.43. The van der Waals surface area contributed by atoms with Gasteiger partial charge in [0.15, 0.2) is 0 Å². The summed E-state index contributed by atoms with van der Waals surface area (Å²) in [6.07, 6.45) is 5.69. The van der Waals surface area contributed by atoms with Crippen LogP contribution in [-0.2, 0) is 0 Å². The summed E-state index contributed by atoms with van der Waals surface area (Å²) >= 11 is 0. The van der Waals surface area contributed by atoms with E-state index in [9.17, 15) is 9.18 Å². The van der Waals surface area contributed by atoms with Crippen LogP contribution in [0.5, 0.6) is 0 Å². The molecule has 0 radical (unpaired) electrons. The largest absolute Gasteiger partial charge is 0.331 e. The predicted octanol–water partition coefficient (Wildman–Crippen LogP) is 3.47. The molecule has 0 spiro atoms. The zero-order valence-electron chi connectivity index (χ0n) is 11.8. The summed E-state index contributed by atoms with van der Waals surface area (Å²) in [6, 6.07) is 6.90. The number of carbonyl (C=O) groups excluding carboxylic acids is 1. The lowest BCUT2D eigenvalue weighted by Gasteiger charge is -2.35. The van der Waals surface area contributed by atoms with E-state index in [4.69, 9.17) is 0 Å². The Morgan fingerprint density at radius 2 is 1.90 bits per heavy atom. The summed E-state index contributed by atoms with van der Waals surface area (Å²) in [6.45, 7) is 0. The van der Waals surface area contributed by atoms with Gasteiger partial charge < -0.3 is 10.2 Å². The van der Waals surface area contributed by atoms with Crippen molar-refractivity contribution in [2.75, 3.05) is 7.05 Å². The van der Waals surface area contributed by atoms with Crippen LogP contribution in [-0.4, -0.2) is 24.0 Å². The van der Waals surface area contributed by atoms with Gasteiger partial charge in [-0.05, 0) is 55.7 Å². The summed E-state index contributed by atoms with van der Waals surface area (Å²) < 4.78 is 13.0. The lowest BCUT2D eigenvalue weighted by atomic mass is 9.92. The minimum Gasteiger partial charge on any atom is -0.331 e. The molecule has 0 aliphatic heterocycles. The molecule has 108 valence electrons. The number of nitrogens with one attached hydrogen (secondary N) is 1. The second-order valence-corrected chi connectivity index (χ2v) is 6.01. The third-order valence-corrected chi connectivity index (χ3v) is 4.54. The van der Waals surface area contributed by atoms with E-state index in [1.807, 2.05) is 11.9 Å². The lowest BCUT2D eigenvalue weighted by molar-refractivity contribution is 0.153. The molecule has 0 unspecified atom stereocenters. The van der Waals surface area contributed by atoms with Gasteiger partial charge in [0.2, 0.25) is 0 Å². The van der Waals surface area contributed by atoms with Crippen LogP contribution in [0.4, 0.5) is 9.18 Å². The smallest absolute Gasteiger partial charge is 0.317 e. The maximum Gasteiger partial charge on any atom is 0.317 e. The third kappa shape index (κ3) is 2.79. The molecule has 4 heteroatoms. The van der Waals surface area contributed by atoms with Crippen LogP contribution in [0.2, 0.25) is 0 Å². The molecule has 1 aromatic rings. The van der Waals surface area contributed by atoms with Gasteiger partial charge in [0.05, 0.1) is 6.04 Å². The number of nitrogens with zero attached hydrogens (tertiary/aromatic N) is 1. The molecule has 2 fully saturated rings. The summed E-state index contributed by atoms with van der Waals surface area (Å²) in [5.74, 6) is 0.264. The first-order chi connectivity index (χ1) is 9.65. The Bertz CT molecular complexity index is 480. The first kappa shape index (κ1) is 13.4. The van der Waals surface area contributed by atoms with Crippen molar-refractivity contribution in [1.82, 2.24) is 10.2 Å². The van der Waals surface area contributed by atoms with Gasteiger partial charge in [0.25, 0.3) is 0 Å². The van der Waals surface area contributed by atoms with E-state index < -0.39 is 0 Å². The highest BCUT2D eigenvalue weighted by Crippen LogP contribution is 2.41. The van der Waals surface area contributed by atoms with E-state index in [0.717, 1.165) is 31.2 Å². The molecule has 3 rings (SSSR count). The fraction of sp³-hybridized carbons (Fsp3) is 0.562. The molecule has 1 aromatic carbocycles. The average Bonchev–Trinajstić information content (AvgIpc) is 3.19. The van der Waals surface area contributed by atoms with Gasteiger partial charge in [-0.3, -0.25) is 0 Å². The molecule has 3 nitrogen and oxygen atoms in total. The van der Waals surface area contributed by atoms with Gasteiger partial charge in [-0.15, -0.1) is 0 Å². The Kier molecular flexibility index (Phi) is 3.64. The van der Waals surface area contributed by atoms with Crippen LogP contribution in [0.25, 0.3) is 0 Å². The molecule has 0 saturated heterocycles. The summed E-state index contributed by atoms with van der Waals surface area (Å²) in [5.41, 5.74) is 1.00. The Balaban J connectivity index is 1.68. The van der Waals surface area contributed by atoms with E-state index in [-0.39, 0.29) is 17.9 Å². The topological polar surface area (TPSA) is 32.3 Å². The zero-order chi connectivity index (χ0) is 14.1.